The Morgan fingerprint density at radius 3 is 0.258 bits per heavy atom. The second-order valence-electron chi connectivity index (χ2n) is 23.1. The molecule has 0 saturated heterocycles. The van der Waals surface area contributed by atoms with Crippen molar-refractivity contribution in [1.29, 1.82) is 0 Å². The van der Waals surface area contributed by atoms with E-state index in [1.807, 2.05) is 0 Å². The smallest absolute Gasteiger partial charge is 0.329 e. The van der Waals surface area contributed by atoms with Crippen LogP contribution >= 0.6 is 0 Å². The summed E-state index contributed by atoms with van der Waals surface area (Å²) < 4.78 is 14.4. The molecule has 0 radical (unpaired) electrons. The molecule has 0 unspecified atom stereocenters. The average Bonchev–Trinajstić information content (AvgIpc) is 0.876. The van der Waals surface area contributed by atoms with Crippen LogP contribution in [-0.4, -0.2) is 465 Å². The number of esters is 1. The molecule has 0 spiro atoms. The van der Waals surface area contributed by atoms with Crippen LogP contribution in [0.1, 0.15) is 0 Å². The summed E-state index contributed by atoms with van der Waals surface area (Å²) in [6.45, 7) is 30.8. The van der Waals surface area contributed by atoms with Gasteiger partial charge in [0.05, 0.1) is 230 Å². The summed E-state index contributed by atoms with van der Waals surface area (Å²) in [5, 5.41) is 309. The molecule has 0 atom stereocenters. The van der Waals surface area contributed by atoms with Gasteiger partial charge in [0, 0.05) is 85.1 Å². The molecule has 0 saturated carbocycles. The first-order chi connectivity index (χ1) is 61.2. The van der Waals surface area contributed by atoms with E-state index in [0.717, 1.165) is 85.1 Å². The molecule has 0 rings (SSSR count). The van der Waals surface area contributed by atoms with Crippen molar-refractivity contribution in [3.63, 3.8) is 0 Å². The van der Waals surface area contributed by atoms with Crippen LogP contribution in [0.15, 0.2) is 177 Å². The second-order valence-corrected chi connectivity index (χ2v) is 23.1. The highest BCUT2D eigenvalue weighted by Gasteiger charge is 2.35. The lowest BCUT2D eigenvalue weighted by Gasteiger charge is -2.31. The van der Waals surface area contributed by atoms with E-state index in [1.54, 1.807) is 0 Å². The lowest BCUT2D eigenvalue weighted by Crippen LogP contribution is -2.43. The van der Waals surface area contributed by atoms with Crippen LogP contribution in [-0.2, 0) is 81.3 Å². The Bertz CT molecular complexity index is 2390. The van der Waals surface area contributed by atoms with E-state index in [-0.39, 0.29) is 26.4 Å². The Balaban J connectivity index is -0.0000000613. The number of methoxy groups -OCH3 is 1. The van der Waals surface area contributed by atoms with Crippen molar-refractivity contribution in [3.05, 3.63) is 177 Å². The number of carbonyl (C=O) groups excluding carboxylic acids is 1. The van der Waals surface area contributed by atoms with Crippen LogP contribution in [0.2, 0.25) is 0 Å². The zero-order valence-corrected chi connectivity index (χ0v) is 72.8. The molecule has 0 bridgehead atoms. The monoisotopic (exact) mass is 1940 g/mol. The summed E-state index contributed by atoms with van der Waals surface area (Å²) in [5.74, 6) is -13.2. The minimum atomic E-state index is -1.16. The minimum Gasteiger partial charge on any atom is -0.478 e. The van der Waals surface area contributed by atoms with Gasteiger partial charge in [0.15, 0.2) is 0 Å². The lowest BCUT2D eigenvalue weighted by molar-refractivity contribution is -0.135. The molecular weight excluding hydrogens is 1800 g/mol. The highest BCUT2D eigenvalue weighted by molar-refractivity contribution is 5.83. The molecule has 0 amide bonds. The van der Waals surface area contributed by atoms with Gasteiger partial charge >= 0.3 is 83.6 Å². The first kappa shape index (κ1) is 166. The molecule has 774 valence electrons. The predicted molar refractivity (Wildman–Crippen MR) is 463 cm³/mol. The molecule has 0 aromatic heterocycles. The van der Waals surface area contributed by atoms with Crippen molar-refractivity contribution in [2.45, 2.75) is 0 Å². The molecule has 54 nitrogen and oxygen atoms in total. The highest BCUT2D eigenvalue weighted by Crippen LogP contribution is 2.22. The molecule has 0 aliphatic rings. The van der Waals surface area contributed by atoms with Gasteiger partial charge in [-0.15, -0.1) is 0 Å². The van der Waals surface area contributed by atoms with Crippen LogP contribution in [0.4, 0.5) is 0 Å². The molecule has 0 aliphatic carbocycles. The van der Waals surface area contributed by atoms with Gasteiger partial charge in [-0.3, -0.25) is 0 Å². The number of carboxylic acids is 13. The number of rotatable bonds is 46. The Morgan fingerprint density at radius 2 is 0.235 bits per heavy atom. The molecular formula is C78H138O54. The fraction of sp³-hybridized carbons (Fsp3) is 0.462. The maximum atomic E-state index is 9.84. The molecule has 37 N–H and O–H groups in total. The van der Waals surface area contributed by atoms with Gasteiger partial charge in [-0.05, 0) is 0 Å². The van der Waals surface area contributed by atoms with Gasteiger partial charge in [-0.2, -0.15) is 0 Å². The third-order valence-electron chi connectivity index (χ3n) is 12.3. The van der Waals surface area contributed by atoms with Crippen LogP contribution < -0.4 is 0 Å². The summed E-state index contributed by atoms with van der Waals surface area (Å²) in [7, 11) is 1.31. The minimum absolute atomic E-state index is 0.141. The summed E-state index contributed by atoms with van der Waals surface area (Å²) in [4.78, 5) is 130. The largest absolute Gasteiger partial charge is 0.478 e. The van der Waals surface area contributed by atoms with Crippen LogP contribution in [0.3, 0.4) is 0 Å². The number of carbonyl (C=O) groups is 14. The Kier molecular flexibility index (Phi) is 153. The number of hydrogen-bond acceptors (Lipinski definition) is 41. The van der Waals surface area contributed by atoms with Gasteiger partial charge in [-0.1, -0.05) is 92.1 Å². The number of hydrogen-bond donors (Lipinski definition) is 37. The van der Waals surface area contributed by atoms with E-state index in [0.29, 0.717) is 0 Å². The second kappa shape index (κ2) is 121. The molecule has 54 heteroatoms. The quantitative estimate of drug-likeness (QED) is 0.0199. The normalized spacial score (nSPS) is 9.28. The zero-order valence-electron chi connectivity index (χ0n) is 72.8. The van der Waals surface area contributed by atoms with Crippen LogP contribution in [0.25, 0.3) is 0 Å². The highest BCUT2D eigenvalue weighted by atomic mass is 16.5. The number of ether oxygens (including phenoxy) is 3. The topological polar surface area (TPSA) is 1020 Å². The van der Waals surface area contributed by atoms with Crippen LogP contribution in [0, 0.1) is 37.9 Å². The maximum Gasteiger partial charge on any atom is 0.329 e. The summed E-state index contributed by atoms with van der Waals surface area (Å²) in [6.07, 6.45) is 11.9. The van der Waals surface area contributed by atoms with Crippen molar-refractivity contribution in [1.82, 2.24) is 0 Å². The van der Waals surface area contributed by atoms with Crippen molar-refractivity contribution < 1.29 is 270 Å². The molecule has 0 aliphatic heterocycles. The summed E-state index contributed by atoms with van der Waals surface area (Å²) in [6, 6.07) is 0. The van der Waals surface area contributed by atoms with E-state index in [2.05, 4.69) is 96.8 Å². The van der Waals surface area contributed by atoms with E-state index in [1.165, 1.54) is 7.11 Å². The third kappa shape index (κ3) is 144. The maximum absolute atomic E-state index is 9.84. The van der Waals surface area contributed by atoms with Gasteiger partial charge < -0.3 is 203 Å². The van der Waals surface area contributed by atoms with Crippen molar-refractivity contribution in [2.75, 3.05) is 192 Å². The van der Waals surface area contributed by atoms with E-state index in [9.17, 15) is 67.1 Å². The Morgan fingerprint density at radius 1 is 0.167 bits per heavy atom. The molecule has 0 fully saturated rings. The lowest BCUT2D eigenvalue weighted by atomic mass is 9.91. The van der Waals surface area contributed by atoms with E-state index >= 15 is 0 Å². The number of carboxylic acid groups (broad SMARTS) is 13. The van der Waals surface area contributed by atoms with Crippen molar-refractivity contribution in [3.8, 4) is 0 Å². The van der Waals surface area contributed by atoms with Gasteiger partial charge in [0.1, 0.15) is 0 Å². The fourth-order valence-corrected chi connectivity index (χ4v) is 3.10. The molecule has 132 heavy (non-hydrogen) atoms. The van der Waals surface area contributed by atoms with Gasteiger partial charge in [0.25, 0.3) is 0 Å². The number of aliphatic hydroxyl groups excluding tert-OH is 24. The number of aliphatic carboxylic acids is 13. The third-order valence-corrected chi connectivity index (χ3v) is 12.3. The Hall–Kier alpha value is -12.1. The van der Waals surface area contributed by atoms with Crippen LogP contribution in [0.5, 0.6) is 0 Å². The van der Waals surface area contributed by atoms with Crippen molar-refractivity contribution >= 4 is 83.6 Å². The molecule has 0 aromatic rings. The average molecular weight is 1940 g/mol. The van der Waals surface area contributed by atoms with Gasteiger partial charge in [-0.25, -0.2) is 67.1 Å². The zero-order chi connectivity index (χ0) is 109. The molecule has 0 heterocycles. The standard InChI is InChI=1S/2C10H22O7.3C5H12O4.C4H6O2.13C3H4O2/c2*11-1-9(2-12,3-13)7-17-8-10(4-14,5-15)6-16;3*6-1-5(2-7,3-8)4-9;1-3-4(5)6-2;13*1-2-3(4)5/h2*11-16H,1-8H2;3*6-9H,1-4H2;3H,1H2,2H3;13*2H,1H2,(H,4,5). The van der Waals surface area contributed by atoms with E-state index < -0.39 is 280 Å². The first-order valence-corrected chi connectivity index (χ1v) is 34.8. The Labute approximate surface area is 758 Å². The SMILES string of the molecule is C=CC(=O)O.C=CC(=O)O.C=CC(=O)O.C=CC(=O)O.C=CC(=O)O.C=CC(=O)O.C=CC(=O)O.C=CC(=O)O.C=CC(=O)O.C=CC(=O)O.C=CC(=O)O.C=CC(=O)O.C=CC(=O)O.C=CC(=O)OC.OCC(CO)(CO)CO.OCC(CO)(CO)CO.OCC(CO)(CO)CO.OCC(CO)(CO)COCC(CO)(CO)CO.OCC(CO)(CO)COCC(CO)(CO)CO. The predicted octanol–water partition coefficient (Wildman–Crippen LogP) is -8.63. The summed E-state index contributed by atoms with van der Waals surface area (Å²) >= 11 is 0. The van der Waals surface area contributed by atoms with E-state index in [4.69, 9.17) is 198 Å². The van der Waals surface area contributed by atoms with Crippen molar-refractivity contribution in [2.24, 2.45) is 37.9 Å². The van der Waals surface area contributed by atoms with Gasteiger partial charge in [0.2, 0.25) is 0 Å². The molecule has 0 aromatic carbocycles. The summed E-state index contributed by atoms with van der Waals surface area (Å²) in [5.41, 5.74) is -7.98. The number of aliphatic hydroxyl groups is 24. The fourth-order valence-electron chi connectivity index (χ4n) is 3.10. The first-order valence-electron chi connectivity index (χ1n) is 34.8.